The van der Waals surface area contributed by atoms with E-state index in [0.717, 1.165) is 6.42 Å². The lowest BCUT2D eigenvalue weighted by Crippen LogP contribution is -2.31. The Balaban J connectivity index is 2.58. The van der Waals surface area contributed by atoms with Crippen LogP contribution in [0, 0.1) is 11.2 Å². The number of hydrogen-bond donors (Lipinski definition) is 2. The summed E-state index contributed by atoms with van der Waals surface area (Å²) in [5.74, 6) is -0.727. The number of halogens is 2. The van der Waals surface area contributed by atoms with Crippen LogP contribution in [0.15, 0.2) is 22.7 Å². The molecule has 1 amide bonds. The molecule has 106 valence electrons. The van der Waals surface area contributed by atoms with Crippen molar-refractivity contribution in [2.45, 2.75) is 39.7 Å². The van der Waals surface area contributed by atoms with Crippen molar-refractivity contribution in [2.75, 3.05) is 5.32 Å². The molecule has 3 N–H and O–H groups in total. The Morgan fingerprint density at radius 3 is 2.68 bits per heavy atom. The molecule has 0 radical (unpaired) electrons. The van der Waals surface area contributed by atoms with Crippen LogP contribution in [0.5, 0.6) is 0 Å². The van der Waals surface area contributed by atoms with Crippen molar-refractivity contribution < 1.29 is 9.18 Å². The molecule has 0 aromatic heterocycles. The summed E-state index contributed by atoms with van der Waals surface area (Å²) < 4.78 is 14.2. The van der Waals surface area contributed by atoms with Crippen molar-refractivity contribution in [3.63, 3.8) is 0 Å². The van der Waals surface area contributed by atoms with E-state index in [-0.39, 0.29) is 29.5 Å². The van der Waals surface area contributed by atoms with Crippen LogP contribution in [0.1, 0.15) is 33.6 Å². The first-order valence-electron chi connectivity index (χ1n) is 6.18. The number of anilines is 1. The predicted octanol–water partition coefficient (Wildman–Crippen LogP) is 3.68. The molecule has 19 heavy (non-hydrogen) atoms. The fourth-order valence-electron chi connectivity index (χ4n) is 1.89. The fourth-order valence-corrected chi connectivity index (χ4v) is 2.25. The number of nitrogens with one attached hydrogen (secondary N) is 1. The zero-order valence-electron chi connectivity index (χ0n) is 11.5. The van der Waals surface area contributed by atoms with Gasteiger partial charge in [-0.1, -0.05) is 36.7 Å². The molecular weight excluding hydrogens is 311 g/mol. The average molecular weight is 331 g/mol. The summed E-state index contributed by atoms with van der Waals surface area (Å²) in [6, 6.07) is 4.18. The Kier molecular flexibility index (Phi) is 5.50. The van der Waals surface area contributed by atoms with E-state index in [1.54, 1.807) is 6.07 Å². The van der Waals surface area contributed by atoms with Gasteiger partial charge in [0, 0.05) is 16.9 Å². The van der Waals surface area contributed by atoms with Crippen LogP contribution >= 0.6 is 15.9 Å². The van der Waals surface area contributed by atoms with Gasteiger partial charge in [0.05, 0.1) is 5.69 Å². The number of carbonyl (C=O) groups excluding carboxylic acids is 1. The monoisotopic (exact) mass is 330 g/mol. The number of rotatable bonds is 4. The topological polar surface area (TPSA) is 55.1 Å². The summed E-state index contributed by atoms with van der Waals surface area (Å²) in [6.45, 7) is 6.20. The van der Waals surface area contributed by atoms with Gasteiger partial charge >= 0.3 is 0 Å². The van der Waals surface area contributed by atoms with Gasteiger partial charge in [-0.15, -0.1) is 0 Å². The smallest absolute Gasteiger partial charge is 0.226 e. The first kappa shape index (κ1) is 16.1. The maximum absolute atomic E-state index is 13.5. The van der Waals surface area contributed by atoms with E-state index in [2.05, 4.69) is 42.0 Å². The minimum atomic E-state index is -0.457. The van der Waals surface area contributed by atoms with Gasteiger partial charge in [-0.25, -0.2) is 4.39 Å². The highest BCUT2D eigenvalue weighted by Gasteiger charge is 2.18. The zero-order valence-corrected chi connectivity index (χ0v) is 13.1. The van der Waals surface area contributed by atoms with Crippen LogP contribution in [-0.2, 0) is 4.79 Å². The highest BCUT2D eigenvalue weighted by molar-refractivity contribution is 9.10. The summed E-state index contributed by atoms with van der Waals surface area (Å²) in [7, 11) is 0. The Labute approximate surface area is 121 Å². The van der Waals surface area contributed by atoms with Crippen molar-refractivity contribution in [2.24, 2.45) is 11.1 Å². The predicted molar refractivity (Wildman–Crippen MR) is 79.4 cm³/mol. The molecule has 0 saturated carbocycles. The second-order valence-electron chi connectivity index (χ2n) is 5.90. The molecule has 0 aliphatic rings. The minimum absolute atomic E-state index is 0.0702. The van der Waals surface area contributed by atoms with Crippen molar-refractivity contribution in [3.05, 3.63) is 28.5 Å². The molecule has 1 aromatic rings. The van der Waals surface area contributed by atoms with Crippen LogP contribution in [0.25, 0.3) is 0 Å². The molecule has 1 rings (SSSR count). The second kappa shape index (κ2) is 6.48. The van der Waals surface area contributed by atoms with Crippen molar-refractivity contribution >= 4 is 27.5 Å². The van der Waals surface area contributed by atoms with E-state index in [0.29, 0.717) is 4.47 Å². The number of carbonyl (C=O) groups is 1. The third kappa shape index (κ3) is 6.16. The molecule has 5 heteroatoms. The second-order valence-corrected chi connectivity index (χ2v) is 6.82. The number of nitrogens with two attached hydrogens (primary N) is 1. The third-order valence-electron chi connectivity index (χ3n) is 2.52. The molecular formula is C14H20BrFN2O. The maximum Gasteiger partial charge on any atom is 0.226 e. The highest BCUT2D eigenvalue weighted by Crippen LogP contribution is 2.22. The van der Waals surface area contributed by atoms with Crippen molar-refractivity contribution in [3.8, 4) is 0 Å². The van der Waals surface area contributed by atoms with E-state index in [4.69, 9.17) is 5.73 Å². The van der Waals surface area contributed by atoms with Gasteiger partial charge < -0.3 is 11.1 Å². The molecule has 0 aliphatic carbocycles. The third-order valence-corrected chi connectivity index (χ3v) is 3.02. The van der Waals surface area contributed by atoms with E-state index in [9.17, 15) is 9.18 Å². The molecule has 0 bridgehead atoms. The fraction of sp³-hybridized carbons (Fsp3) is 0.500. The van der Waals surface area contributed by atoms with Gasteiger partial charge in [-0.05, 0) is 30.0 Å². The Bertz CT molecular complexity index is 457. The van der Waals surface area contributed by atoms with E-state index >= 15 is 0 Å². The van der Waals surface area contributed by atoms with Crippen LogP contribution in [0.4, 0.5) is 10.1 Å². The summed E-state index contributed by atoms with van der Waals surface area (Å²) in [6.07, 6.45) is 0.921. The average Bonchev–Trinajstić information content (AvgIpc) is 2.20. The van der Waals surface area contributed by atoms with Gasteiger partial charge in [0.1, 0.15) is 5.82 Å². The van der Waals surface area contributed by atoms with Gasteiger partial charge in [0.15, 0.2) is 0 Å². The Hall–Kier alpha value is -0.940. The zero-order chi connectivity index (χ0) is 14.6. The van der Waals surface area contributed by atoms with Gasteiger partial charge in [-0.2, -0.15) is 0 Å². The number of benzene rings is 1. The van der Waals surface area contributed by atoms with Gasteiger partial charge in [0.2, 0.25) is 5.91 Å². The largest absolute Gasteiger partial charge is 0.327 e. The first-order valence-corrected chi connectivity index (χ1v) is 6.97. The molecule has 0 fully saturated rings. The summed E-state index contributed by atoms with van der Waals surface area (Å²) in [5, 5.41) is 2.54. The highest BCUT2D eigenvalue weighted by atomic mass is 79.9. The SMILES string of the molecule is CC(C)(C)CC(N)CC(=O)Nc1cc(Br)ccc1F. The lowest BCUT2D eigenvalue weighted by Gasteiger charge is -2.22. The van der Waals surface area contributed by atoms with E-state index in [1.165, 1.54) is 12.1 Å². The summed E-state index contributed by atoms with van der Waals surface area (Å²) in [4.78, 5) is 11.8. The van der Waals surface area contributed by atoms with Crippen molar-refractivity contribution in [1.29, 1.82) is 0 Å². The minimum Gasteiger partial charge on any atom is -0.327 e. The molecule has 1 aromatic carbocycles. The summed E-state index contributed by atoms with van der Waals surface area (Å²) >= 11 is 3.23. The quantitative estimate of drug-likeness (QED) is 0.884. The molecule has 1 unspecified atom stereocenters. The number of hydrogen-bond acceptors (Lipinski definition) is 2. The van der Waals surface area contributed by atoms with Gasteiger partial charge in [-0.3, -0.25) is 4.79 Å². The van der Waals surface area contributed by atoms with Crippen LogP contribution in [0.2, 0.25) is 0 Å². The molecule has 3 nitrogen and oxygen atoms in total. The maximum atomic E-state index is 13.5. The van der Waals surface area contributed by atoms with Crippen LogP contribution < -0.4 is 11.1 Å². The van der Waals surface area contributed by atoms with Gasteiger partial charge in [0.25, 0.3) is 0 Å². The molecule has 1 atom stereocenters. The summed E-state index contributed by atoms with van der Waals surface area (Å²) in [5.41, 5.74) is 6.16. The van der Waals surface area contributed by atoms with Crippen LogP contribution in [-0.4, -0.2) is 11.9 Å². The van der Waals surface area contributed by atoms with E-state index in [1.807, 2.05) is 0 Å². The standard InChI is InChI=1S/C14H20BrFN2O/c1-14(2,3)8-10(17)7-13(19)18-12-6-9(15)4-5-11(12)16/h4-6,10H,7-8,17H2,1-3H3,(H,18,19). The molecule has 0 spiro atoms. The molecule has 0 aliphatic heterocycles. The number of amides is 1. The van der Waals surface area contributed by atoms with E-state index < -0.39 is 5.82 Å². The lowest BCUT2D eigenvalue weighted by atomic mass is 9.87. The lowest BCUT2D eigenvalue weighted by molar-refractivity contribution is -0.116. The first-order chi connectivity index (χ1) is 8.67. The molecule has 0 saturated heterocycles. The van der Waals surface area contributed by atoms with Crippen molar-refractivity contribution in [1.82, 2.24) is 0 Å². The normalized spacial score (nSPS) is 13.2. The Morgan fingerprint density at radius 1 is 1.47 bits per heavy atom. The molecule has 0 heterocycles. The Morgan fingerprint density at radius 2 is 2.11 bits per heavy atom. The van der Waals surface area contributed by atoms with Crippen LogP contribution in [0.3, 0.4) is 0 Å².